The molecule has 310 valence electrons. The second kappa shape index (κ2) is 36.1. The van der Waals surface area contributed by atoms with Gasteiger partial charge in [0.2, 0.25) is 0 Å². The fraction of sp³-hybridized carbons (Fsp3) is 0.760. The Kier molecular flexibility index (Phi) is 32.7. The predicted octanol–water partition coefficient (Wildman–Crippen LogP) is 17.6. The molecule has 0 amide bonds. The Morgan fingerprint density at radius 1 is 0.315 bits per heavy atom. The molecule has 0 aliphatic carbocycles. The molecule has 2 aromatic carbocycles. The fourth-order valence-electron chi connectivity index (χ4n) is 7.57. The number of thiol groups is 2. The maximum absolute atomic E-state index is 6.06. The van der Waals surface area contributed by atoms with Gasteiger partial charge in [0.15, 0.2) is 0 Å². The molecule has 0 bridgehead atoms. The first-order valence-corrected chi connectivity index (χ1v) is 24.5. The zero-order chi connectivity index (χ0) is 38.6. The largest absolute Gasteiger partial charge is 0.494 e. The van der Waals surface area contributed by atoms with Crippen LogP contribution in [0, 0.1) is 0 Å². The monoisotopic (exact) mass is 783 g/mol. The van der Waals surface area contributed by atoms with E-state index in [4.69, 9.17) is 34.7 Å². The van der Waals surface area contributed by atoms with E-state index in [0.29, 0.717) is 0 Å². The summed E-state index contributed by atoms with van der Waals surface area (Å²) in [4.78, 5) is 0. The number of ether oxygens (including phenoxy) is 2. The molecule has 0 aliphatic heterocycles. The van der Waals surface area contributed by atoms with Crippen molar-refractivity contribution >= 4 is 25.3 Å². The molecule has 0 spiro atoms. The van der Waals surface area contributed by atoms with E-state index in [-0.39, 0.29) is 10.5 Å². The van der Waals surface area contributed by atoms with E-state index in [1.54, 1.807) is 0 Å². The van der Waals surface area contributed by atoms with E-state index in [1.165, 1.54) is 193 Å². The average molecular weight is 783 g/mol. The molecule has 0 saturated carbocycles. The van der Waals surface area contributed by atoms with Crippen LogP contribution in [-0.4, -0.2) is 13.2 Å². The lowest BCUT2D eigenvalue weighted by molar-refractivity contribution is 0.304. The molecule has 0 saturated heterocycles. The zero-order valence-corrected chi connectivity index (χ0v) is 37.3. The van der Waals surface area contributed by atoms with Crippen molar-refractivity contribution in [3.63, 3.8) is 0 Å². The van der Waals surface area contributed by atoms with Crippen molar-refractivity contribution in [1.29, 1.82) is 0 Å². The Hall–Kier alpha value is -1.26. The topological polar surface area (TPSA) is 18.5 Å². The molecule has 0 fully saturated rings. The van der Waals surface area contributed by atoms with Crippen LogP contribution in [0.25, 0.3) is 0 Å². The highest BCUT2D eigenvalue weighted by Crippen LogP contribution is 2.39. The summed E-state index contributed by atoms with van der Waals surface area (Å²) in [6, 6.07) is 16.9. The maximum atomic E-state index is 6.06. The quantitative estimate of drug-likeness (QED) is 0.0520. The molecule has 0 heterocycles. The summed E-state index contributed by atoms with van der Waals surface area (Å²) in [6.07, 6.45) is 44.5. The van der Waals surface area contributed by atoms with Crippen LogP contribution >= 0.6 is 25.3 Å². The minimum absolute atomic E-state index is 0.000391. The Balaban J connectivity index is 1.43. The average Bonchev–Trinajstić information content (AvgIpc) is 3.20. The van der Waals surface area contributed by atoms with E-state index < -0.39 is 0 Å². The second-order valence-electron chi connectivity index (χ2n) is 16.3. The first kappa shape index (κ1) is 48.9. The summed E-state index contributed by atoms with van der Waals surface area (Å²) in [5.41, 5.74) is 2.33. The minimum atomic E-state index is -0.000391. The molecular formula is C50H86O2S2. The van der Waals surface area contributed by atoms with Gasteiger partial charge in [-0.05, 0) is 48.2 Å². The SMILES string of the molecule is CCCCCCCCCCCCCCCCCCOc1ccc(C(S)C(S)c2ccc(OCCCCCCCCCCCCCCCCCC)cc2)cc1. The van der Waals surface area contributed by atoms with Gasteiger partial charge in [0.1, 0.15) is 11.5 Å². The highest BCUT2D eigenvalue weighted by atomic mass is 32.1. The molecule has 0 N–H and O–H groups in total. The summed E-state index contributed by atoms with van der Waals surface area (Å²) >= 11 is 9.91. The van der Waals surface area contributed by atoms with Gasteiger partial charge in [-0.25, -0.2) is 0 Å². The molecule has 2 aromatic rings. The maximum Gasteiger partial charge on any atom is 0.119 e. The normalized spacial score (nSPS) is 12.6. The van der Waals surface area contributed by atoms with Crippen LogP contribution < -0.4 is 9.47 Å². The summed E-state index contributed by atoms with van der Waals surface area (Å²) < 4.78 is 12.1. The van der Waals surface area contributed by atoms with Gasteiger partial charge in [-0.1, -0.05) is 231 Å². The van der Waals surface area contributed by atoms with E-state index in [2.05, 4.69) is 62.4 Å². The van der Waals surface area contributed by atoms with E-state index in [9.17, 15) is 0 Å². The van der Waals surface area contributed by atoms with Gasteiger partial charge in [0.05, 0.1) is 13.2 Å². The van der Waals surface area contributed by atoms with Crippen molar-refractivity contribution in [3.05, 3.63) is 59.7 Å². The van der Waals surface area contributed by atoms with Gasteiger partial charge in [-0.15, -0.1) is 0 Å². The van der Waals surface area contributed by atoms with Gasteiger partial charge < -0.3 is 9.47 Å². The van der Waals surface area contributed by atoms with Crippen LogP contribution in [0.3, 0.4) is 0 Å². The molecule has 0 aromatic heterocycles. The number of rotatable bonds is 39. The zero-order valence-electron chi connectivity index (χ0n) is 35.5. The van der Waals surface area contributed by atoms with Crippen LogP contribution in [-0.2, 0) is 0 Å². The lowest BCUT2D eigenvalue weighted by Crippen LogP contribution is -2.02. The van der Waals surface area contributed by atoms with Crippen LogP contribution in [0.5, 0.6) is 11.5 Å². The fourth-order valence-corrected chi connectivity index (χ4v) is 8.26. The molecule has 4 heteroatoms. The molecule has 0 radical (unpaired) electrons. The summed E-state index contributed by atoms with van der Waals surface area (Å²) in [7, 11) is 0. The lowest BCUT2D eigenvalue weighted by atomic mass is 10.0. The van der Waals surface area contributed by atoms with Gasteiger partial charge in [-0.2, -0.15) is 25.3 Å². The third kappa shape index (κ3) is 26.6. The van der Waals surface area contributed by atoms with Gasteiger partial charge >= 0.3 is 0 Å². The van der Waals surface area contributed by atoms with Gasteiger partial charge in [0, 0.05) is 10.5 Å². The number of hydrogen-bond acceptors (Lipinski definition) is 4. The Morgan fingerprint density at radius 3 is 0.741 bits per heavy atom. The van der Waals surface area contributed by atoms with E-state index in [1.807, 2.05) is 0 Å². The van der Waals surface area contributed by atoms with Crippen molar-refractivity contribution in [2.45, 2.75) is 230 Å². The van der Waals surface area contributed by atoms with Crippen molar-refractivity contribution in [2.75, 3.05) is 13.2 Å². The molecule has 2 unspecified atom stereocenters. The highest BCUT2D eigenvalue weighted by Gasteiger charge is 2.18. The summed E-state index contributed by atoms with van der Waals surface area (Å²) in [5.74, 6) is 1.89. The summed E-state index contributed by atoms with van der Waals surface area (Å²) in [6.45, 7) is 6.19. The number of unbranched alkanes of at least 4 members (excludes halogenated alkanes) is 30. The minimum Gasteiger partial charge on any atom is -0.494 e. The molecule has 2 nitrogen and oxygen atoms in total. The molecular weight excluding hydrogens is 697 g/mol. The van der Waals surface area contributed by atoms with E-state index >= 15 is 0 Å². The Labute approximate surface area is 347 Å². The number of benzene rings is 2. The predicted molar refractivity (Wildman–Crippen MR) is 246 cm³/mol. The van der Waals surface area contributed by atoms with Crippen molar-refractivity contribution in [2.24, 2.45) is 0 Å². The molecule has 2 rings (SSSR count). The van der Waals surface area contributed by atoms with Crippen LogP contribution in [0.1, 0.15) is 241 Å². The van der Waals surface area contributed by atoms with Crippen molar-refractivity contribution in [3.8, 4) is 11.5 Å². The first-order valence-electron chi connectivity index (χ1n) is 23.5. The molecule has 54 heavy (non-hydrogen) atoms. The van der Waals surface area contributed by atoms with Crippen molar-refractivity contribution in [1.82, 2.24) is 0 Å². The second-order valence-corrected chi connectivity index (χ2v) is 17.4. The van der Waals surface area contributed by atoms with Crippen molar-refractivity contribution < 1.29 is 9.47 Å². The molecule has 2 atom stereocenters. The van der Waals surface area contributed by atoms with Gasteiger partial charge in [-0.3, -0.25) is 0 Å². The lowest BCUT2D eigenvalue weighted by Gasteiger charge is -2.20. The summed E-state index contributed by atoms with van der Waals surface area (Å²) in [5, 5.41) is -0.000782. The molecule has 0 aliphatic rings. The first-order chi connectivity index (χ1) is 26.7. The van der Waals surface area contributed by atoms with Crippen LogP contribution in [0.15, 0.2) is 48.5 Å². The standard InChI is InChI=1S/C50H86O2S2/c1-3-5-7-9-11-13-15-17-19-21-23-25-27-29-31-33-43-51-47-39-35-45(36-40-47)49(53)50(54)46-37-41-48(42-38-46)52-44-34-32-30-28-26-24-22-20-18-16-14-12-10-8-6-4-2/h35-42,49-50,53-54H,3-34,43-44H2,1-2H3. The Morgan fingerprint density at radius 2 is 0.519 bits per heavy atom. The van der Waals surface area contributed by atoms with Crippen LogP contribution in [0.2, 0.25) is 0 Å². The van der Waals surface area contributed by atoms with E-state index in [0.717, 1.165) is 48.7 Å². The smallest absolute Gasteiger partial charge is 0.119 e. The third-order valence-electron chi connectivity index (χ3n) is 11.3. The van der Waals surface area contributed by atoms with Crippen LogP contribution in [0.4, 0.5) is 0 Å². The Bertz CT molecular complexity index is 970. The highest BCUT2D eigenvalue weighted by molar-refractivity contribution is 7.84. The number of hydrogen-bond donors (Lipinski definition) is 2. The third-order valence-corrected chi connectivity index (χ3v) is 12.7. The van der Waals surface area contributed by atoms with Gasteiger partial charge in [0.25, 0.3) is 0 Å².